The first kappa shape index (κ1) is 36.1. The normalized spacial score (nSPS) is 17.8. The highest BCUT2D eigenvalue weighted by molar-refractivity contribution is 7.11. The second-order valence-electron chi connectivity index (χ2n) is 15.5. The van der Waals surface area contributed by atoms with E-state index in [0.29, 0.717) is 46.4 Å². The molecule has 266 valence electrons. The molecule has 4 heterocycles. The Balaban J connectivity index is 1.41. The molecule has 0 saturated carbocycles. The molecule has 0 unspecified atom stereocenters. The van der Waals surface area contributed by atoms with Crippen molar-refractivity contribution in [1.29, 1.82) is 0 Å². The van der Waals surface area contributed by atoms with Crippen LogP contribution < -0.4 is 9.64 Å². The van der Waals surface area contributed by atoms with Crippen LogP contribution in [0.15, 0.2) is 36.5 Å². The molecule has 2 aromatic heterocycles. The Kier molecular flexibility index (Phi) is 9.94. The van der Waals surface area contributed by atoms with E-state index in [1.165, 1.54) is 11.5 Å². The molecular formula is C39H49FN4O4SSi. The van der Waals surface area contributed by atoms with Gasteiger partial charge >= 0.3 is 6.09 Å². The maximum atomic E-state index is 16.8. The van der Waals surface area contributed by atoms with Gasteiger partial charge in [-0.25, -0.2) is 9.18 Å². The summed E-state index contributed by atoms with van der Waals surface area (Å²) in [6.07, 6.45) is 2.27. The summed E-state index contributed by atoms with van der Waals surface area (Å²) in [6, 6.07) is 9.98. The zero-order valence-electron chi connectivity index (χ0n) is 30.9. The summed E-state index contributed by atoms with van der Waals surface area (Å²) in [5, 5.41) is 3.26. The van der Waals surface area contributed by atoms with Crippen molar-refractivity contribution in [1.82, 2.24) is 14.3 Å². The number of aromatic nitrogens is 2. The SMILES string of the molecule is COCOc1cc(-c2ncc3c(N4C[C@@H]5[C@H]4CCN5C(=O)OC(C)(C)C)snc3c2F)c2c(C#C[Si](C(C)C)(C(C)C)C(C)C)cccc2c1. The number of pyridine rings is 1. The molecule has 0 N–H and O–H groups in total. The Labute approximate surface area is 300 Å². The number of nitrogens with zero attached hydrogens (tertiary/aromatic N) is 4. The van der Waals surface area contributed by atoms with Crippen LogP contribution in [0.5, 0.6) is 5.75 Å². The number of amides is 1. The third-order valence-electron chi connectivity index (χ3n) is 10.5. The first-order valence-corrected chi connectivity index (χ1v) is 20.6. The number of carbonyl (C=O) groups excluding carboxylic acids is 1. The fraction of sp³-hybridized carbons (Fsp3) is 0.513. The smallest absolute Gasteiger partial charge is 0.410 e. The summed E-state index contributed by atoms with van der Waals surface area (Å²) in [6.45, 7) is 20.8. The van der Waals surface area contributed by atoms with Gasteiger partial charge in [-0.05, 0) is 78.9 Å². The molecule has 0 spiro atoms. The lowest BCUT2D eigenvalue weighted by Gasteiger charge is -2.47. The van der Waals surface area contributed by atoms with Gasteiger partial charge < -0.3 is 24.0 Å². The maximum Gasteiger partial charge on any atom is 0.410 e. The van der Waals surface area contributed by atoms with Gasteiger partial charge in [0.2, 0.25) is 0 Å². The predicted octanol–water partition coefficient (Wildman–Crippen LogP) is 9.40. The van der Waals surface area contributed by atoms with Gasteiger partial charge in [-0.2, -0.15) is 4.37 Å². The molecule has 2 fully saturated rings. The number of halogens is 1. The second-order valence-corrected chi connectivity index (χ2v) is 21.8. The second kappa shape index (κ2) is 13.8. The Morgan fingerprint density at radius 2 is 1.82 bits per heavy atom. The molecule has 8 nitrogen and oxygen atoms in total. The number of methoxy groups -OCH3 is 1. The van der Waals surface area contributed by atoms with E-state index >= 15 is 4.39 Å². The largest absolute Gasteiger partial charge is 0.468 e. The van der Waals surface area contributed by atoms with Crippen molar-refractivity contribution in [2.45, 2.75) is 103 Å². The number of likely N-dealkylation sites (tertiary alicyclic amines) is 1. The standard InChI is InChI=1S/C39H49FN4O4SSi/c1-23(2)50(24(3)4,25(5)6)17-15-26-12-11-13-27-18-28(47-22-46-10)19-29(33(26)27)35-34(40)36-30(20-41-35)37(49-42-36)44-21-32-31(44)14-16-43(32)38(45)48-39(7,8)9/h11-13,18-20,23-25,31-32H,14,16,21-22H2,1-10H3/t31-,32-/m1/s1. The number of anilines is 1. The fourth-order valence-corrected chi connectivity index (χ4v) is 14.3. The van der Waals surface area contributed by atoms with Gasteiger partial charge in [0.15, 0.2) is 12.6 Å². The number of benzene rings is 2. The number of carbonyl (C=O) groups is 1. The van der Waals surface area contributed by atoms with Crippen LogP contribution in [0.4, 0.5) is 14.2 Å². The number of ether oxygens (including phenoxy) is 3. The minimum absolute atomic E-state index is 0.0590. The molecule has 0 bridgehead atoms. The lowest BCUT2D eigenvalue weighted by Crippen LogP contribution is -2.63. The fourth-order valence-electron chi connectivity index (χ4n) is 8.17. The molecular weight excluding hydrogens is 668 g/mol. The van der Waals surface area contributed by atoms with E-state index in [4.69, 9.17) is 19.2 Å². The van der Waals surface area contributed by atoms with Gasteiger partial charge in [-0.1, -0.05) is 59.6 Å². The molecule has 0 radical (unpaired) electrons. The average molecular weight is 717 g/mol. The van der Waals surface area contributed by atoms with Crippen LogP contribution in [-0.2, 0) is 9.47 Å². The minimum Gasteiger partial charge on any atom is -0.468 e. The van der Waals surface area contributed by atoms with E-state index in [1.54, 1.807) is 13.3 Å². The van der Waals surface area contributed by atoms with Crippen LogP contribution >= 0.6 is 11.5 Å². The lowest BCUT2D eigenvalue weighted by atomic mass is 9.96. The highest BCUT2D eigenvalue weighted by Gasteiger charge is 2.50. The van der Waals surface area contributed by atoms with Crippen LogP contribution in [0, 0.1) is 17.3 Å². The zero-order chi connectivity index (χ0) is 36.1. The molecule has 0 aliphatic carbocycles. The first-order valence-electron chi connectivity index (χ1n) is 17.6. The topological polar surface area (TPSA) is 77.0 Å². The van der Waals surface area contributed by atoms with Crippen LogP contribution in [0.3, 0.4) is 0 Å². The number of hydrogen-bond donors (Lipinski definition) is 0. The van der Waals surface area contributed by atoms with Crippen LogP contribution in [0.1, 0.15) is 74.3 Å². The average Bonchev–Trinajstić information content (AvgIpc) is 3.60. The summed E-state index contributed by atoms with van der Waals surface area (Å²) in [5.74, 6) is 3.69. The molecule has 4 aromatic rings. The quantitative estimate of drug-likeness (QED) is 0.102. The summed E-state index contributed by atoms with van der Waals surface area (Å²) >= 11 is 1.28. The van der Waals surface area contributed by atoms with Crippen LogP contribution in [0.2, 0.25) is 16.6 Å². The van der Waals surface area contributed by atoms with E-state index < -0.39 is 19.5 Å². The number of hydrogen-bond acceptors (Lipinski definition) is 8. The number of fused-ring (bicyclic) bond motifs is 3. The molecule has 2 aromatic carbocycles. The monoisotopic (exact) mass is 716 g/mol. The third kappa shape index (κ3) is 6.35. The first-order chi connectivity index (χ1) is 23.7. The Bertz CT molecular complexity index is 1960. The van der Waals surface area contributed by atoms with Crippen molar-refractivity contribution < 1.29 is 23.4 Å². The van der Waals surface area contributed by atoms with E-state index in [2.05, 4.69) is 62.3 Å². The minimum atomic E-state index is -2.04. The van der Waals surface area contributed by atoms with Crippen molar-refractivity contribution in [2.75, 3.05) is 31.9 Å². The van der Waals surface area contributed by atoms with Gasteiger partial charge in [0, 0.05) is 42.9 Å². The van der Waals surface area contributed by atoms with E-state index in [9.17, 15) is 4.79 Å². The summed E-state index contributed by atoms with van der Waals surface area (Å²) in [4.78, 5) is 21.7. The van der Waals surface area contributed by atoms with Gasteiger partial charge in [-0.15, -0.1) is 5.54 Å². The zero-order valence-corrected chi connectivity index (χ0v) is 32.7. The lowest BCUT2D eigenvalue weighted by molar-refractivity contribution is 0.0194. The molecule has 6 rings (SSSR count). The molecule has 2 saturated heterocycles. The highest BCUT2D eigenvalue weighted by Crippen LogP contribution is 2.45. The predicted molar refractivity (Wildman–Crippen MR) is 203 cm³/mol. The van der Waals surface area contributed by atoms with Crippen molar-refractivity contribution >= 4 is 52.4 Å². The summed E-state index contributed by atoms with van der Waals surface area (Å²) in [5.41, 5.74) is 6.67. The molecule has 2 aliphatic rings. The summed E-state index contributed by atoms with van der Waals surface area (Å²) < 4.78 is 38.1. The Hall–Kier alpha value is -3.72. The van der Waals surface area contributed by atoms with Gasteiger partial charge in [0.25, 0.3) is 0 Å². The summed E-state index contributed by atoms with van der Waals surface area (Å²) in [7, 11) is -0.472. The number of rotatable bonds is 8. The Morgan fingerprint density at radius 1 is 1.10 bits per heavy atom. The highest BCUT2D eigenvalue weighted by atomic mass is 32.1. The van der Waals surface area contributed by atoms with E-state index in [0.717, 1.165) is 27.8 Å². The molecule has 11 heteroatoms. The van der Waals surface area contributed by atoms with Gasteiger partial charge in [0.05, 0.1) is 17.5 Å². The molecule has 1 amide bonds. The van der Waals surface area contributed by atoms with E-state index in [1.807, 2.05) is 56.0 Å². The van der Waals surface area contributed by atoms with Crippen LogP contribution in [-0.4, -0.2) is 73.1 Å². The third-order valence-corrected chi connectivity index (χ3v) is 17.7. The maximum absolute atomic E-state index is 16.8. The molecule has 2 aliphatic heterocycles. The molecule has 2 atom stereocenters. The van der Waals surface area contributed by atoms with Gasteiger partial charge in [-0.3, -0.25) is 4.98 Å². The van der Waals surface area contributed by atoms with Crippen molar-refractivity contribution in [3.05, 3.63) is 47.9 Å². The van der Waals surface area contributed by atoms with Gasteiger partial charge in [0.1, 0.15) is 35.6 Å². The van der Waals surface area contributed by atoms with Crippen molar-refractivity contribution in [3.63, 3.8) is 0 Å². The van der Waals surface area contributed by atoms with Crippen molar-refractivity contribution in [3.8, 4) is 28.5 Å². The van der Waals surface area contributed by atoms with E-state index in [-0.39, 0.29) is 36.2 Å². The molecule has 50 heavy (non-hydrogen) atoms. The van der Waals surface area contributed by atoms with Crippen molar-refractivity contribution in [2.24, 2.45) is 0 Å². The Morgan fingerprint density at radius 3 is 2.48 bits per heavy atom. The van der Waals surface area contributed by atoms with Crippen LogP contribution in [0.25, 0.3) is 32.9 Å².